The van der Waals surface area contributed by atoms with Crippen molar-refractivity contribution < 1.29 is 14.4 Å². The van der Waals surface area contributed by atoms with Crippen molar-refractivity contribution in [3.05, 3.63) is 36.1 Å². The number of carboxylic acids is 1. The number of anilines is 1. The minimum absolute atomic E-state index is 0.109. The first-order chi connectivity index (χ1) is 12.5. The topological polar surface area (TPSA) is 101 Å². The van der Waals surface area contributed by atoms with Crippen LogP contribution in [0.3, 0.4) is 0 Å². The molecular weight excluding hydrogens is 332 g/mol. The monoisotopic (exact) mass is 360 g/mol. The zero-order valence-electron chi connectivity index (χ0n) is 15.6. The molecule has 0 spiro atoms. The molecule has 1 unspecified atom stereocenters. The van der Waals surface area contributed by atoms with Gasteiger partial charge in [0, 0.05) is 25.6 Å². The van der Waals surface area contributed by atoms with Gasteiger partial charge in [0.15, 0.2) is 5.82 Å². The number of aryl methyl sites for hydroxylation is 1. The number of aliphatic carboxylic acids is 1. The fraction of sp³-hybridized carbons (Fsp3) is 0.579. The molecule has 0 radical (unpaired) electrons. The molecule has 7 heteroatoms. The van der Waals surface area contributed by atoms with Crippen LogP contribution in [0.1, 0.15) is 57.7 Å². The van der Waals surface area contributed by atoms with E-state index in [4.69, 9.17) is 9.63 Å². The summed E-state index contributed by atoms with van der Waals surface area (Å²) in [5.41, 5.74) is -0.350. The Bertz CT molecular complexity index is 674. The normalized spacial score (nSPS) is 13.3. The van der Waals surface area contributed by atoms with E-state index in [0.717, 1.165) is 44.5 Å². The molecule has 26 heavy (non-hydrogen) atoms. The van der Waals surface area contributed by atoms with Crippen molar-refractivity contribution in [3.63, 3.8) is 0 Å². The Morgan fingerprint density at radius 2 is 2.19 bits per heavy atom. The number of carboxylic acid groups (broad SMARTS) is 1. The van der Waals surface area contributed by atoms with Crippen molar-refractivity contribution in [1.82, 2.24) is 15.1 Å². The van der Waals surface area contributed by atoms with E-state index in [-0.39, 0.29) is 11.8 Å². The molecule has 7 nitrogen and oxygen atoms in total. The first-order valence-corrected chi connectivity index (χ1v) is 9.19. The molecule has 0 bridgehead atoms. The molecule has 2 N–H and O–H groups in total. The van der Waals surface area contributed by atoms with E-state index in [0.29, 0.717) is 18.1 Å². The third kappa shape index (κ3) is 6.82. The van der Waals surface area contributed by atoms with Gasteiger partial charge in [-0.15, -0.1) is 0 Å². The molecule has 0 aliphatic heterocycles. The number of nitrogens with one attached hydrogen (secondary N) is 1. The van der Waals surface area contributed by atoms with Crippen LogP contribution < -0.4 is 5.32 Å². The summed E-state index contributed by atoms with van der Waals surface area (Å²) in [6.07, 6.45) is 6.78. The number of aromatic nitrogens is 3. The van der Waals surface area contributed by atoms with Gasteiger partial charge in [-0.2, -0.15) is 4.98 Å². The number of pyridine rings is 1. The Labute approximate surface area is 154 Å². The van der Waals surface area contributed by atoms with Gasteiger partial charge < -0.3 is 14.9 Å². The lowest BCUT2D eigenvalue weighted by Gasteiger charge is -2.25. The van der Waals surface area contributed by atoms with Crippen LogP contribution in [-0.4, -0.2) is 32.7 Å². The molecule has 2 heterocycles. The average Bonchev–Trinajstić information content (AvgIpc) is 3.01. The molecule has 0 saturated carbocycles. The summed E-state index contributed by atoms with van der Waals surface area (Å²) >= 11 is 0. The predicted octanol–water partition coefficient (Wildman–Crippen LogP) is 3.72. The van der Waals surface area contributed by atoms with Crippen molar-refractivity contribution in [1.29, 1.82) is 0 Å². The molecule has 142 valence electrons. The van der Waals surface area contributed by atoms with Crippen LogP contribution in [0.15, 0.2) is 28.9 Å². The Hall–Kier alpha value is -2.44. The SMILES string of the molecule is CCCC(C)(CC(=O)O)Cc1nc(CCCCNc2ccccn2)no1. The zero-order valence-corrected chi connectivity index (χ0v) is 15.6. The zero-order chi connectivity index (χ0) is 18.8. The number of unbranched alkanes of at least 4 members (excludes halogenated alkanes) is 1. The van der Waals surface area contributed by atoms with Crippen molar-refractivity contribution in [3.8, 4) is 0 Å². The van der Waals surface area contributed by atoms with Crippen molar-refractivity contribution in [2.24, 2.45) is 5.41 Å². The lowest BCUT2D eigenvalue weighted by Crippen LogP contribution is -2.23. The highest BCUT2D eigenvalue weighted by atomic mass is 16.5. The molecule has 2 rings (SSSR count). The third-order valence-electron chi connectivity index (χ3n) is 4.32. The molecule has 2 aromatic rings. The van der Waals surface area contributed by atoms with Gasteiger partial charge >= 0.3 is 5.97 Å². The van der Waals surface area contributed by atoms with Gasteiger partial charge in [0.05, 0.1) is 6.42 Å². The van der Waals surface area contributed by atoms with Crippen LogP contribution in [0.25, 0.3) is 0 Å². The molecule has 0 fully saturated rings. The molecule has 0 aliphatic carbocycles. The summed E-state index contributed by atoms with van der Waals surface area (Å²) < 4.78 is 5.33. The summed E-state index contributed by atoms with van der Waals surface area (Å²) in [7, 11) is 0. The minimum atomic E-state index is -0.791. The quantitative estimate of drug-likeness (QED) is 0.556. The van der Waals surface area contributed by atoms with Crippen molar-refractivity contribution >= 4 is 11.8 Å². The number of rotatable bonds is 12. The van der Waals surface area contributed by atoms with Gasteiger partial charge in [0.25, 0.3) is 0 Å². The van der Waals surface area contributed by atoms with Crippen LogP contribution in [0.5, 0.6) is 0 Å². The second kappa shape index (κ2) is 9.89. The summed E-state index contributed by atoms with van der Waals surface area (Å²) in [5, 5.41) is 16.4. The van der Waals surface area contributed by atoms with Gasteiger partial charge in [0.1, 0.15) is 5.82 Å². The van der Waals surface area contributed by atoms with Crippen LogP contribution in [0.2, 0.25) is 0 Å². The first-order valence-electron chi connectivity index (χ1n) is 9.19. The summed E-state index contributed by atoms with van der Waals surface area (Å²) in [6.45, 7) is 4.87. The lowest BCUT2D eigenvalue weighted by molar-refractivity contribution is -0.139. The van der Waals surface area contributed by atoms with E-state index in [1.54, 1.807) is 6.20 Å². The first kappa shape index (κ1) is 19.9. The molecule has 0 amide bonds. The molecule has 0 saturated heterocycles. The number of hydrogen-bond donors (Lipinski definition) is 2. The summed E-state index contributed by atoms with van der Waals surface area (Å²) in [5.74, 6) is 1.31. The molecule has 2 aromatic heterocycles. The van der Waals surface area contributed by atoms with Gasteiger partial charge in [-0.3, -0.25) is 4.79 Å². The lowest BCUT2D eigenvalue weighted by atomic mass is 9.79. The van der Waals surface area contributed by atoms with Gasteiger partial charge in [-0.25, -0.2) is 4.98 Å². The fourth-order valence-electron chi connectivity index (χ4n) is 3.13. The van der Waals surface area contributed by atoms with Crippen LogP contribution in [0.4, 0.5) is 5.82 Å². The maximum Gasteiger partial charge on any atom is 0.303 e. The molecule has 0 aliphatic rings. The van der Waals surface area contributed by atoms with Gasteiger partial charge in [0.2, 0.25) is 5.89 Å². The van der Waals surface area contributed by atoms with Crippen LogP contribution >= 0.6 is 0 Å². The fourth-order valence-corrected chi connectivity index (χ4v) is 3.13. The highest BCUT2D eigenvalue weighted by Gasteiger charge is 2.29. The van der Waals surface area contributed by atoms with Crippen LogP contribution in [-0.2, 0) is 17.6 Å². The number of carbonyl (C=O) groups is 1. The number of hydrogen-bond acceptors (Lipinski definition) is 6. The van der Waals surface area contributed by atoms with E-state index < -0.39 is 5.97 Å². The van der Waals surface area contributed by atoms with Crippen LogP contribution in [0, 0.1) is 5.41 Å². The predicted molar refractivity (Wildman–Crippen MR) is 98.9 cm³/mol. The van der Waals surface area contributed by atoms with Crippen molar-refractivity contribution in [2.45, 2.75) is 58.8 Å². The number of nitrogens with zero attached hydrogens (tertiary/aromatic N) is 3. The Balaban J connectivity index is 1.75. The maximum atomic E-state index is 11.1. The summed E-state index contributed by atoms with van der Waals surface area (Å²) in [4.78, 5) is 19.8. The second-order valence-corrected chi connectivity index (χ2v) is 7.01. The highest BCUT2D eigenvalue weighted by molar-refractivity contribution is 5.67. The smallest absolute Gasteiger partial charge is 0.303 e. The van der Waals surface area contributed by atoms with Gasteiger partial charge in [-0.05, 0) is 36.8 Å². The standard InChI is InChI=1S/C19H28N4O3/c1-3-10-19(2,14-18(24)25)13-17-22-16(23-26-17)9-5-7-12-21-15-8-4-6-11-20-15/h4,6,8,11H,3,5,7,9-10,12-14H2,1-2H3,(H,20,21)(H,24,25). The van der Waals surface area contributed by atoms with E-state index >= 15 is 0 Å². The van der Waals surface area contributed by atoms with E-state index in [1.807, 2.05) is 25.1 Å². The van der Waals surface area contributed by atoms with Crippen molar-refractivity contribution in [2.75, 3.05) is 11.9 Å². The second-order valence-electron chi connectivity index (χ2n) is 7.01. The van der Waals surface area contributed by atoms with E-state index in [2.05, 4.69) is 27.4 Å². The molecular formula is C19H28N4O3. The largest absolute Gasteiger partial charge is 0.481 e. The van der Waals surface area contributed by atoms with E-state index in [1.165, 1.54) is 0 Å². The Morgan fingerprint density at radius 3 is 2.88 bits per heavy atom. The van der Waals surface area contributed by atoms with E-state index in [9.17, 15) is 4.79 Å². The maximum absolute atomic E-state index is 11.1. The minimum Gasteiger partial charge on any atom is -0.481 e. The third-order valence-corrected chi connectivity index (χ3v) is 4.32. The Kier molecular flexibility index (Phi) is 7.56. The average molecular weight is 360 g/mol. The highest BCUT2D eigenvalue weighted by Crippen LogP contribution is 2.31. The Morgan fingerprint density at radius 1 is 1.35 bits per heavy atom. The summed E-state index contributed by atoms with van der Waals surface area (Å²) in [6, 6.07) is 5.78. The molecule has 1 atom stereocenters. The van der Waals surface area contributed by atoms with Gasteiger partial charge in [-0.1, -0.05) is 31.5 Å². The molecule has 0 aromatic carbocycles.